The van der Waals surface area contributed by atoms with E-state index in [-0.39, 0.29) is 6.61 Å². The van der Waals surface area contributed by atoms with Crippen LogP contribution in [0.25, 0.3) is 0 Å². The molecule has 1 N–H and O–H groups in total. The van der Waals surface area contributed by atoms with Gasteiger partial charge >= 0.3 is 0 Å². The van der Waals surface area contributed by atoms with Crippen LogP contribution in [0, 0.1) is 0 Å². The summed E-state index contributed by atoms with van der Waals surface area (Å²) in [5.74, 6) is 1.05. The first-order valence-corrected chi connectivity index (χ1v) is 5.74. The van der Waals surface area contributed by atoms with E-state index in [2.05, 4.69) is 26.1 Å². The second-order valence-corrected chi connectivity index (χ2v) is 4.29. The van der Waals surface area contributed by atoms with E-state index in [0.717, 1.165) is 10.0 Å². The second kappa shape index (κ2) is 5.23. The van der Waals surface area contributed by atoms with Crippen LogP contribution in [-0.2, 0) is 12.8 Å². The van der Waals surface area contributed by atoms with Crippen molar-refractivity contribution < 1.29 is 9.52 Å². The minimum atomic E-state index is 0.0263. The molecule has 0 aliphatic heterocycles. The Kier molecular flexibility index (Phi) is 3.69. The maximum absolute atomic E-state index is 8.72. The van der Waals surface area contributed by atoms with Gasteiger partial charge in [-0.05, 0) is 17.7 Å². The lowest BCUT2D eigenvalue weighted by Gasteiger charge is -1.97. The molecule has 0 radical (unpaired) electrons. The van der Waals surface area contributed by atoms with Crippen molar-refractivity contribution in [3.8, 4) is 0 Å². The summed E-state index contributed by atoms with van der Waals surface area (Å²) >= 11 is 3.41. The zero-order valence-corrected chi connectivity index (χ0v) is 10.1. The fraction of sp³-hybridized carbons (Fsp3) is 0.273. The molecule has 2 aromatic rings. The number of aliphatic hydroxyl groups excluding tert-OH is 1. The molecule has 0 spiro atoms. The van der Waals surface area contributed by atoms with Crippen molar-refractivity contribution in [1.82, 2.24) is 10.2 Å². The van der Waals surface area contributed by atoms with Gasteiger partial charge in [-0.2, -0.15) is 0 Å². The molecule has 0 fully saturated rings. The standard InChI is InChI=1S/C11H11BrN2O2/c12-9-3-1-2-8(6-9)7-11-14-13-10(16-11)4-5-15/h1-3,6,15H,4-5,7H2. The molecule has 0 saturated heterocycles. The van der Waals surface area contributed by atoms with Crippen LogP contribution in [0.4, 0.5) is 0 Å². The zero-order valence-electron chi connectivity index (χ0n) is 8.56. The van der Waals surface area contributed by atoms with Crippen molar-refractivity contribution in [2.24, 2.45) is 0 Å². The highest BCUT2D eigenvalue weighted by atomic mass is 79.9. The van der Waals surface area contributed by atoms with Gasteiger partial charge in [0.25, 0.3) is 0 Å². The number of aromatic nitrogens is 2. The summed E-state index contributed by atoms with van der Waals surface area (Å²) in [6.45, 7) is 0.0263. The Balaban J connectivity index is 2.08. The first kappa shape index (κ1) is 11.3. The van der Waals surface area contributed by atoms with Crippen LogP contribution in [0.15, 0.2) is 33.2 Å². The summed E-state index contributed by atoms with van der Waals surface area (Å²) in [6.07, 6.45) is 1.02. The molecule has 1 heterocycles. The van der Waals surface area contributed by atoms with Crippen LogP contribution in [-0.4, -0.2) is 21.9 Å². The lowest BCUT2D eigenvalue weighted by atomic mass is 10.1. The fourth-order valence-corrected chi connectivity index (χ4v) is 1.82. The molecule has 0 atom stereocenters. The Hall–Kier alpha value is -1.20. The largest absolute Gasteiger partial charge is 0.425 e. The lowest BCUT2D eigenvalue weighted by molar-refractivity contribution is 0.283. The molecule has 0 bridgehead atoms. The zero-order chi connectivity index (χ0) is 11.4. The van der Waals surface area contributed by atoms with Gasteiger partial charge in [-0.1, -0.05) is 28.1 Å². The Bertz CT molecular complexity index is 471. The highest BCUT2D eigenvalue weighted by Gasteiger charge is 2.06. The van der Waals surface area contributed by atoms with Gasteiger partial charge < -0.3 is 9.52 Å². The number of benzene rings is 1. The molecule has 0 aliphatic carbocycles. The SMILES string of the molecule is OCCc1nnc(Cc2cccc(Br)c2)o1. The summed E-state index contributed by atoms with van der Waals surface area (Å²) in [4.78, 5) is 0. The number of halogens is 1. The highest BCUT2D eigenvalue weighted by molar-refractivity contribution is 9.10. The van der Waals surface area contributed by atoms with Crippen LogP contribution in [0.5, 0.6) is 0 Å². The van der Waals surface area contributed by atoms with Gasteiger partial charge in [0.05, 0.1) is 13.0 Å². The first-order valence-electron chi connectivity index (χ1n) is 4.94. The van der Waals surface area contributed by atoms with Gasteiger partial charge in [0, 0.05) is 10.9 Å². The van der Waals surface area contributed by atoms with Crippen LogP contribution in [0.2, 0.25) is 0 Å². The van der Waals surface area contributed by atoms with Gasteiger partial charge in [0.15, 0.2) is 0 Å². The number of hydrogen-bond acceptors (Lipinski definition) is 4. The van der Waals surface area contributed by atoms with Crippen molar-refractivity contribution >= 4 is 15.9 Å². The third-order valence-electron chi connectivity index (χ3n) is 2.08. The Morgan fingerprint density at radius 3 is 2.81 bits per heavy atom. The van der Waals surface area contributed by atoms with Crippen LogP contribution in [0.1, 0.15) is 17.3 Å². The van der Waals surface area contributed by atoms with Crippen LogP contribution in [0.3, 0.4) is 0 Å². The Labute approximate surface area is 101 Å². The van der Waals surface area contributed by atoms with Crippen molar-refractivity contribution in [2.75, 3.05) is 6.61 Å². The molecular formula is C11H11BrN2O2. The second-order valence-electron chi connectivity index (χ2n) is 3.37. The van der Waals surface area contributed by atoms with Crippen LogP contribution >= 0.6 is 15.9 Å². The Morgan fingerprint density at radius 2 is 2.06 bits per heavy atom. The van der Waals surface area contributed by atoms with E-state index in [0.29, 0.717) is 24.6 Å². The fourth-order valence-electron chi connectivity index (χ4n) is 1.38. The first-order chi connectivity index (χ1) is 7.78. The van der Waals surface area contributed by atoms with E-state index in [4.69, 9.17) is 9.52 Å². The normalized spacial score (nSPS) is 10.6. The van der Waals surface area contributed by atoms with E-state index >= 15 is 0 Å². The molecule has 84 valence electrons. The minimum absolute atomic E-state index is 0.0263. The molecule has 5 heteroatoms. The number of hydrogen-bond donors (Lipinski definition) is 1. The average Bonchev–Trinajstić information content (AvgIpc) is 2.66. The van der Waals surface area contributed by atoms with Gasteiger partial charge in [-0.15, -0.1) is 10.2 Å². The molecule has 0 amide bonds. The summed E-state index contributed by atoms with van der Waals surface area (Å²) in [5, 5.41) is 16.5. The predicted octanol–water partition coefficient (Wildman–Crippen LogP) is 1.96. The summed E-state index contributed by atoms with van der Waals surface area (Å²) in [6, 6.07) is 7.94. The van der Waals surface area contributed by atoms with E-state index in [1.807, 2.05) is 24.3 Å². The van der Waals surface area contributed by atoms with Gasteiger partial charge in [-0.3, -0.25) is 0 Å². The smallest absolute Gasteiger partial charge is 0.220 e. The molecule has 2 rings (SSSR count). The monoisotopic (exact) mass is 282 g/mol. The molecule has 0 saturated carbocycles. The summed E-state index contributed by atoms with van der Waals surface area (Å²) < 4.78 is 6.40. The number of aliphatic hydroxyl groups is 1. The average molecular weight is 283 g/mol. The predicted molar refractivity (Wildman–Crippen MR) is 62.0 cm³/mol. The van der Waals surface area contributed by atoms with E-state index in [9.17, 15) is 0 Å². The third kappa shape index (κ3) is 2.90. The topological polar surface area (TPSA) is 59.2 Å². The molecule has 1 aromatic carbocycles. The van der Waals surface area contributed by atoms with Crippen molar-refractivity contribution in [3.05, 3.63) is 46.1 Å². The van der Waals surface area contributed by atoms with Gasteiger partial charge in [0.1, 0.15) is 0 Å². The van der Waals surface area contributed by atoms with E-state index in [1.54, 1.807) is 0 Å². The van der Waals surface area contributed by atoms with Crippen molar-refractivity contribution in [1.29, 1.82) is 0 Å². The summed E-state index contributed by atoms with van der Waals surface area (Å²) in [7, 11) is 0. The highest BCUT2D eigenvalue weighted by Crippen LogP contribution is 2.14. The lowest BCUT2D eigenvalue weighted by Crippen LogP contribution is -1.89. The van der Waals surface area contributed by atoms with Crippen molar-refractivity contribution in [2.45, 2.75) is 12.8 Å². The minimum Gasteiger partial charge on any atom is -0.425 e. The van der Waals surface area contributed by atoms with E-state index in [1.165, 1.54) is 0 Å². The maximum Gasteiger partial charge on any atom is 0.220 e. The molecule has 4 nitrogen and oxygen atoms in total. The van der Waals surface area contributed by atoms with Gasteiger partial charge in [-0.25, -0.2) is 0 Å². The molecular weight excluding hydrogens is 272 g/mol. The number of nitrogens with zero attached hydrogens (tertiary/aromatic N) is 2. The van der Waals surface area contributed by atoms with Crippen molar-refractivity contribution in [3.63, 3.8) is 0 Å². The third-order valence-corrected chi connectivity index (χ3v) is 2.57. The van der Waals surface area contributed by atoms with Gasteiger partial charge in [0.2, 0.25) is 11.8 Å². The van der Waals surface area contributed by atoms with E-state index < -0.39 is 0 Å². The molecule has 1 aromatic heterocycles. The summed E-state index contributed by atoms with van der Waals surface area (Å²) in [5.41, 5.74) is 1.11. The molecule has 16 heavy (non-hydrogen) atoms. The number of rotatable bonds is 4. The maximum atomic E-state index is 8.72. The quantitative estimate of drug-likeness (QED) is 0.931. The van der Waals surface area contributed by atoms with Crippen LogP contribution < -0.4 is 0 Å². The molecule has 0 aliphatic rings. The molecule has 0 unspecified atom stereocenters. The Morgan fingerprint density at radius 1 is 1.25 bits per heavy atom.